The van der Waals surface area contributed by atoms with E-state index in [1.54, 1.807) is 0 Å². The molecule has 0 amide bonds. The normalized spacial score (nSPS) is 26.1. The standard InChI is InChI=1S/C15H32N2O2/c1-5-16-15(4,12-18)10-13(3)17-9-7-8-14(11-17)19-6-2/h13-14,16,18H,5-12H2,1-4H3. The van der Waals surface area contributed by atoms with Gasteiger partial charge in [-0.05, 0) is 53.1 Å². The minimum Gasteiger partial charge on any atom is -0.394 e. The van der Waals surface area contributed by atoms with Gasteiger partial charge in [0.2, 0.25) is 0 Å². The Morgan fingerprint density at radius 1 is 1.47 bits per heavy atom. The summed E-state index contributed by atoms with van der Waals surface area (Å²) in [5, 5.41) is 13.0. The topological polar surface area (TPSA) is 44.7 Å². The first-order valence-corrected chi connectivity index (χ1v) is 7.76. The summed E-state index contributed by atoms with van der Waals surface area (Å²) in [7, 11) is 0. The van der Waals surface area contributed by atoms with Crippen molar-refractivity contribution < 1.29 is 9.84 Å². The smallest absolute Gasteiger partial charge is 0.0702 e. The van der Waals surface area contributed by atoms with Gasteiger partial charge in [0.15, 0.2) is 0 Å². The van der Waals surface area contributed by atoms with E-state index in [-0.39, 0.29) is 12.1 Å². The molecular weight excluding hydrogens is 240 g/mol. The van der Waals surface area contributed by atoms with Crippen molar-refractivity contribution in [1.29, 1.82) is 0 Å². The molecule has 4 heteroatoms. The van der Waals surface area contributed by atoms with Gasteiger partial charge < -0.3 is 15.2 Å². The van der Waals surface area contributed by atoms with Crippen LogP contribution < -0.4 is 5.32 Å². The number of aliphatic hydroxyl groups excluding tert-OH is 1. The number of aliphatic hydroxyl groups is 1. The van der Waals surface area contributed by atoms with Gasteiger partial charge >= 0.3 is 0 Å². The van der Waals surface area contributed by atoms with Crippen molar-refractivity contribution in [3.05, 3.63) is 0 Å². The van der Waals surface area contributed by atoms with Gasteiger partial charge in [-0.2, -0.15) is 0 Å². The van der Waals surface area contributed by atoms with Crippen molar-refractivity contribution >= 4 is 0 Å². The Labute approximate surface area is 118 Å². The van der Waals surface area contributed by atoms with Crippen molar-refractivity contribution in [1.82, 2.24) is 10.2 Å². The fourth-order valence-corrected chi connectivity index (χ4v) is 3.14. The summed E-state index contributed by atoms with van der Waals surface area (Å²) in [6.07, 6.45) is 3.75. The molecule has 0 aromatic carbocycles. The van der Waals surface area contributed by atoms with E-state index >= 15 is 0 Å². The van der Waals surface area contributed by atoms with Crippen molar-refractivity contribution in [3.63, 3.8) is 0 Å². The van der Waals surface area contributed by atoms with Crippen LogP contribution in [0.3, 0.4) is 0 Å². The summed E-state index contributed by atoms with van der Waals surface area (Å²) < 4.78 is 5.76. The number of likely N-dealkylation sites (N-methyl/N-ethyl adjacent to an activating group) is 1. The monoisotopic (exact) mass is 272 g/mol. The second kappa shape index (κ2) is 8.20. The Hall–Kier alpha value is -0.160. The molecule has 2 N–H and O–H groups in total. The summed E-state index contributed by atoms with van der Waals surface area (Å²) in [6, 6.07) is 0.472. The number of nitrogens with one attached hydrogen (secondary N) is 1. The maximum atomic E-state index is 9.59. The minimum atomic E-state index is -0.174. The second-order valence-electron chi connectivity index (χ2n) is 6.02. The van der Waals surface area contributed by atoms with Gasteiger partial charge in [-0.15, -0.1) is 0 Å². The lowest BCUT2D eigenvalue weighted by Gasteiger charge is -2.40. The minimum absolute atomic E-state index is 0.174. The van der Waals surface area contributed by atoms with E-state index in [0.717, 1.165) is 32.7 Å². The van der Waals surface area contributed by atoms with E-state index in [0.29, 0.717) is 12.1 Å². The molecule has 0 aromatic rings. The first kappa shape index (κ1) is 16.9. The van der Waals surface area contributed by atoms with E-state index < -0.39 is 0 Å². The lowest BCUT2D eigenvalue weighted by atomic mass is 9.92. The molecule has 1 saturated heterocycles. The molecule has 0 aliphatic carbocycles. The molecule has 1 heterocycles. The summed E-state index contributed by atoms with van der Waals surface area (Å²) in [6.45, 7) is 12.6. The summed E-state index contributed by atoms with van der Waals surface area (Å²) in [4.78, 5) is 2.51. The van der Waals surface area contributed by atoms with E-state index in [1.165, 1.54) is 12.8 Å². The average molecular weight is 272 g/mol. The number of rotatable bonds is 8. The van der Waals surface area contributed by atoms with E-state index in [9.17, 15) is 5.11 Å². The van der Waals surface area contributed by atoms with Gasteiger partial charge in [0.1, 0.15) is 0 Å². The first-order chi connectivity index (χ1) is 9.04. The number of likely N-dealkylation sites (tertiary alicyclic amines) is 1. The number of ether oxygens (including phenoxy) is 1. The van der Waals surface area contributed by atoms with Crippen molar-refractivity contribution in [2.45, 2.75) is 64.6 Å². The number of nitrogens with zero attached hydrogens (tertiary/aromatic N) is 1. The Bertz CT molecular complexity index is 248. The fraction of sp³-hybridized carbons (Fsp3) is 1.00. The molecule has 0 radical (unpaired) electrons. The lowest BCUT2D eigenvalue weighted by molar-refractivity contribution is -0.0111. The molecule has 1 fully saturated rings. The molecule has 0 bridgehead atoms. The average Bonchev–Trinajstić information content (AvgIpc) is 2.39. The molecule has 19 heavy (non-hydrogen) atoms. The number of hydrogen-bond donors (Lipinski definition) is 2. The van der Waals surface area contributed by atoms with Crippen molar-refractivity contribution in [2.75, 3.05) is 32.8 Å². The zero-order chi connectivity index (χ0) is 14.3. The van der Waals surface area contributed by atoms with Gasteiger partial charge in [0.05, 0.1) is 12.7 Å². The number of piperidine rings is 1. The predicted molar refractivity (Wildman–Crippen MR) is 79.5 cm³/mol. The number of hydrogen-bond acceptors (Lipinski definition) is 4. The highest BCUT2D eigenvalue weighted by molar-refractivity contribution is 4.88. The third-order valence-corrected chi connectivity index (χ3v) is 4.13. The molecule has 1 aliphatic rings. The van der Waals surface area contributed by atoms with Gasteiger partial charge in [-0.25, -0.2) is 0 Å². The first-order valence-electron chi connectivity index (χ1n) is 7.76. The van der Waals surface area contributed by atoms with Crippen LogP contribution in [-0.4, -0.2) is 60.5 Å². The van der Waals surface area contributed by atoms with Crippen LogP contribution in [0.5, 0.6) is 0 Å². The molecular formula is C15H32N2O2. The van der Waals surface area contributed by atoms with Crippen molar-refractivity contribution in [3.8, 4) is 0 Å². The van der Waals surface area contributed by atoms with Crippen LogP contribution in [0.2, 0.25) is 0 Å². The van der Waals surface area contributed by atoms with E-state index in [4.69, 9.17) is 4.74 Å². The summed E-state index contributed by atoms with van der Waals surface area (Å²) in [5.74, 6) is 0. The highest BCUT2D eigenvalue weighted by atomic mass is 16.5. The Morgan fingerprint density at radius 2 is 2.21 bits per heavy atom. The third kappa shape index (κ3) is 5.38. The quantitative estimate of drug-likeness (QED) is 0.705. The summed E-state index contributed by atoms with van der Waals surface area (Å²) >= 11 is 0. The molecule has 3 atom stereocenters. The van der Waals surface area contributed by atoms with Crippen LogP contribution in [0.25, 0.3) is 0 Å². The molecule has 114 valence electrons. The van der Waals surface area contributed by atoms with Crippen LogP contribution >= 0.6 is 0 Å². The van der Waals surface area contributed by atoms with Crippen LogP contribution in [0.4, 0.5) is 0 Å². The van der Waals surface area contributed by atoms with E-state index in [2.05, 4.69) is 37.9 Å². The Kier molecular flexibility index (Phi) is 7.29. The highest BCUT2D eigenvalue weighted by Crippen LogP contribution is 2.21. The summed E-state index contributed by atoms with van der Waals surface area (Å²) in [5.41, 5.74) is -0.174. The van der Waals surface area contributed by atoms with Crippen molar-refractivity contribution in [2.24, 2.45) is 0 Å². The Balaban J connectivity index is 2.49. The molecule has 0 saturated carbocycles. The zero-order valence-corrected chi connectivity index (χ0v) is 13.1. The molecule has 1 rings (SSSR count). The largest absolute Gasteiger partial charge is 0.394 e. The highest BCUT2D eigenvalue weighted by Gasteiger charge is 2.30. The third-order valence-electron chi connectivity index (χ3n) is 4.13. The van der Waals surface area contributed by atoms with Crippen LogP contribution in [0.15, 0.2) is 0 Å². The van der Waals surface area contributed by atoms with Crippen LogP contribution in [0, 0.1) is 0 Å². The van der Waals surface area contributed by atoms with Gasteiger partial charge in [0, 0.05) is 24.7 Å². The molecule has 0 aromatic heterocycles. The van der Waals surface area contributed by atoms with Crippen LogP contribution in [0.1, 0.15) is 47.0 Å². The molecule has 0 spiro atoms. The van der Waals surface area contributed by atoms with E-state index in [1.807, 2.05) is 0 Å². The molecule has 3 unspecified atom stereocenters. The van der Waals surface area contributed by atoms with Gasteiger partial charge in [-0.3, -0.25) is 4.90 Å². The lowest BCUT2D eigenvalue weighted by Crippen LogP contribution is -2.52. The predicted octanol–water partition coefficient (Wildman–Crippen LogP) is 1.63. The van der Waals surface area contributed by atoms with Gasteiger partial charge in [0.25, 0.3) is 0 Å². The zero-order valence-electron chi connectivity index (χ0n) is 13.1. The maximum Gasteiger partial charge on any atom is 0.0702 e. The fourth-order valence-electron chi connectivity index (χ4n) is 3.14. The Morgan fingerprint density at radius 3 is 2.79 bits per heavy atom. The molecule has 4 nitrogen and oxygen atoms in total. The second-order valence-corrected chi connectivity index (χ2v) is 6.02. The van der Waals surface area contributed by atoms with Crippen LogP contribution in [-0.2, 0) is 4.74 Å². The molecule has 1 aliphatic heterocycles. The SMILES string of the molecule is CCNC(C)(CO)CC(C)N1CCCC(OCC)C1. The van der Waals surface area contributed by atoms with Gasteiger partial charge in [-0.1, -0.05) is 6.92 Å². The maximum absolute atomic E-state index is 9.59.